The van der Waals surface area contributed by atoms with Crippen LogP contribution in [0.1, 0.15) is 12.8 Å². The molecule has 1 aromatic rings. The van der Waals surface area contributed by atoms with Gasteiger partial charge in [0.2, 0.25) is 10.0 Å². The first kappa shape index (κ1) is 12.5. The van der Waals surface area contributed by atoms with E-state index < -0.39 is 10.0 Å². The van der Waals surface area contributed by atoms with Crippen molar-refractivity contribution in [3.8, 4) is 0 Å². The van der Waals surface area contributed by atoms with Crippen LogP contribution in [0.5, 0.6) is 0 Å². The molecule has 1 aliphatic rings. The van der Waals surface area contributed by atoms with Crippen molar-refractivity contribution in [3.63, 3.8) is 0 Å². The van der Waals surface area contributed by atoms with Gasteiger partial charge < -0.3 is 5.32 Å². The van der Waals surface area contributed by atoms with Crippen molar-refractivity contribution >= 4 is 10.0 Å². The van der Waals surface area contributed by atoms with Gasteiger partial charge in [-0.25, -0.2) is 13.1 Å². The zero-order valence-electron chi connectivity index (χ0n) is 9.54. The Morgan fingerprint density at radius 1 is 1.53 bits per heavy atom. The molecule has 7 nitrogen and oxygen atoms in total. The minimum atomic E-state index is -3.21. The average Bonchev–Trinajstić information content (AvgIpc) is 2.83. The van der Waals surface area contributed by atoms with Crippen molar-refractivity contribution in [1.29, 1.82) is 0 Å². The highest BCUT2D eigenvalue weighted by molar-refractivity contribution is 7.90. The van der Waals surface area contributed by atoms with Crippen molar-refractivity contribution in [2.75, 3.05) is 19.6 Å². The summed E-state index contributed by atoms with van der Waals surface area (Å²) in [6, 6.07) is 0. The molecule has 1 unspecified atom stereocenters. The fraction of sp³-hybridized carbons (Fsp3) is 0.778. The van der Waals surface area contributed by atoms with Gasteiger partial charge in [-0.05, 0) is 19.4 Å². The van der Waals surface area contributed by atoms with Crippen LogP contribution in [0.3, 0.4) is 0 Å². The molecule has 0 bridgehead atoms. The smallest absolute Gasteiger partial charge is 0.215 e. The monoisotopic (exact) mass is 259 g/mol. The highest BCUT2D eigenvalue weighted by atomic mass is 32.2. The summed E-state index contributed by atoms with van der Waals surface area (Å²) in [6.45, 7) is 2.30. The van der Waals surface area contributed by atoms with Crippen molar-refractivity contribution in [3.05, 3.63) is 12.4 Å². The predicted molar refractivity (Wildman–Crippen MR) is 62.8 cm³/mol. The lowest BCUT2D eigenvalue weighted by Crippen LogP contribution is -2.44. The van der Waals surface area contributed by atoms with Gasteiger partial charge >= 0.3 is 0 Å². The van der Waals surface area contributed by atoms with Crippen molar-refractivity contribution < 1.29 is 8.42 Å². The molecule has 1 aromatic heterocycles. The number of nitrogens with one attached hydrogen (secondary N) is 2. The highest BCUT2D eigenvalue weighted by Crippen LogP contribution is 2.09. The summed E-state index contributed by atoms with van der Waals surface area (Å²) in [7, 11) is -3.21. The molecule has 1 atom stereocenters. The van der Waals surface area contributed by atoms with Crippen LogP contribution in [-0.2, 0) is 16.6 Å². The van der Waals surface area contributed by atoms with Crippen LogP contribution in [0.4, 0.5) is 0 Å². The molecule has 8 heteroatoms. The number of piperidine rings is 1. The van der Waals surface area contributed by atoms with Gasteiger partial charge in [0.15, 0.2) is 0 Å². The molecule has 0 spiro atoms. The van der Waals surface area contributed by atoms with E-state index in [4.69, 9.17) is 0 Å². The standard InChI is InChI=1S/C9H17N5O2S/c15-17(16,9-2-1-3-10-8-9)12-5-7-14-6-4-11-13-14/h4,6,9-10,12H,1-3,5,7-8H2. The summed E-state index contributed by atoms with van der Waals surface area (Å²) in [6.07, 6.45) is 4.91. The molecule has 96 valence electrons. The largest absolute Gasteiger partial charge is 0.315 e. The maximum Gasteiger partial charge on any atom is 0.215 e. The number of aromatic nitrogens is 3. The fourth-order valence-electron chi connectivity index (χ4n) is 1.86. The molecule has 0 saturated carbocycles. The van der Waals surface area contributed by atoms with Crippen LogP contribution >= 0.6 is 0 Å². The Kier molecular flexibility index (Phi) is 4.08. The first-order valence-corrected chi connectivity index (χ1v) is 7.26. The molecule has 1 saturated heterocycles. The van der Waals surface area contributed by atoms with Crippen molar-refractivity contribution in [2.45, 2.75) is 24.6 Å². The number of hydrogen-bond donors (Lipinski definition) is 2. The van der Waals surface area contributed by atoms with Crippen LogP contribution in [0, 0.1) is 0 Å². The highest BCUT2D eigenvalue weighted by Gasteiger charge is 2.26. The Hall–Kier alpha value is -0.990. The van der Waals surface area contributed by atoms with Crippen molar-refractivity contribution in [2.24, 2.45) is 0 Å². The van der Waals surface area contributed by atoms with Crippen LogP contribution in [0.2, 0.25) is 0 Å². The Bertz CT molecular complexity index is 424. The van der Waals surface area contributed by atoms with Gasteiger partial charge in [0.1, 0.15) is 0 Å². The second-order valence-electron chi connectivity index (χ2n) is 4.07. The Morgan fingerprint density at radius 3 is 3.06 bits per heavy atom. The maximum absolute atomic E-state index is 11.9. The Morgan fingerprint density at radius 2 is 2.41 bits per heavy atom. The first-order valence-electron chi connectivity index (χ1n) is 5.72. The van der Waals surface area contributed by atoms with E-state index in [0.717, 1.165) is 19.4 Å². The molecule has 17 heavy (non-hydrogen) atoms. The van der Waals surface area contributed by atoms with E-state index in [9.17, 15) is 8.42 Å². The summed E-state index contributed by atoms with van der Waals surface area (Å²) in [5, 5.41) is 10.2. The SMILES string of the molecule is O=S(=O)(NCCn1ccnn1)C1CCCNC1. The van der Waals surface area contributed by atoms with Gasteiger partial charge in [-0.15, -0.1) is 5.10 Å². The molecule has 0 aliphatic carbocycles. The average molecular weight is 259 g/mol. The number of rotatable bonds is 5. The van der Waals surface area contributed by atoms with Gasteiger partial charge in [-0.3, -0.25) is 4.68 Å². The molecular formula is C9H17N5O2S. The van der Waals surface area contributed by atoms with E-state index in [1.54, 1.807) is 17.1 Å². The molecule has 1 aliphatic heterocycles. The Balaban J connectivity index is 1.80. The molecule has 2 N–H and O–H groups in total. The zero-order valence-corrected chi connectivity index (χ0v) is 10.4. The van der Waals surface area contributed by atoms with Crippen molar-refractivity contribution in [1.82, 2.24) is 25.0 Å². The second-order valence-corrected chi connectivity index (χ2v) is 6.12. The lowest BCUT2D eigenvalue weighted by atomic mass is 10.2. The third-order valence-electron chi connectivity index (χ3n) is 2.81. The lowest BCUT2D eigenvalue weighted by molar-refractivity contribution is 0.486. The van der Waals surface area contributed by atoms with Gasteiger partial charge in [-0.2, -0.15) is 0 Å². The first-order chi connectivity index (χ1) is 8.18. The normalized spacial score (nSPS) is 21.5. The quantitative estimate of drug-likeness (QED) is 0.704. The topological polar surface area (TPSA) is 88.9 Å². The van der Waals surface area contributed by atoms with Crippen LogP contribution in [-0.4, -0.2) is 48.3 Å². The molecule has 0 aromatic carbocycles. The molecule has 2 rings (SSSR count). The van der Waals surface area contributed by atoms with Gasteiger partial charge in [0.05, 0.1) is 18.0 Å². The molecule has 0 radical (unpaired) electrons. The van der Waals surface area contributed by atoms with E-state index in [1.807, 2.05) is 0 Å². The van der Waals surface area contributed by atoms with Crippen LogP contribution in [0.15, 0.2) is 12.4 Å². The van der Waals surface area contributed by atoms with E-state index >= 15 is 0 Å². The van der Waals surface area contributed by atoms with Crippen LogP contribution < -0.4 is 10.0 Å². The summed E-state index contributed by atoms with van der Waals surface area (Å²) < 4.78 is 28.0. The van der Waals surface area contributed by atoms with Gasteiger partial charge in [0.25, 0.3) is 0 Å². The summed E-state index contributed by atoms with van der Waals surface area (Å²) >= 11 is 0. The third kappa shape index (κ3) is 3.48. The lowest BCUT2D eigenvalue weighted by Gasteiger charge is -2.22. The zero-order chi connectivity index (χ0) is 12.1. The minimum absolute atomic E-state index is 0.313. The predicted octanol–water partition coefficient (Wildman–Crippen LogP) is -1.05. The third-order valence-corrected chi connectivity index (χ3v) is 4.69. The second kappa shape index (κ2) is 5.56. The molecule has 0 amide bonds. The van der Waals surface area contributed by atoms with E-state index in [-0.39, 0.29) is 5.25 Å². The number of hydrogen-bond acceptors (Lipinski definition) is 5. The van der Waals surface area contributed by atoms with Crippen LogP contribution in [0.25, 0.3) is 0 Å². The fourth-order valence-corrected chi connectivity index (χ4v) is 3.28. The van der Waals surface area contributed by atoms with E-state index in [0.29, 0.717) is 19.6 Å². The maximum atomic E-state index is 11.9. The minimum Gasteiger partial charge on any atom is -0.315 e. The van der Waals surface area contributed by atoms with Gasteiger partial charge in [-0.1, -0.05) is 5.21 Å². The number of nitrogens with zero attached hydrogens (tertiary/aromatic N) is 3. The van der Waals surface area contributed by atoms with E-state index in [1.165, 1.54) is 0 Å². The summed E-state index contributed by atoms with van der Waals surface area (Å²) in [5.74, 6) is 0. The van der Waals surface area contributed by atoms with E-state index in [2.05, 4.69) is 20.4 Å². The summed E-state index contributed by atoms with van der Waals surface area (Å²) in [5.41, 5.74) is 0. The van der Waals surface area contributed by atoms with Gasteiger partial charge in [0, 0.05) is 19.3 Å². The molecule has 1 fully saturated rings. The molecular weight excluding hydrogens is 242 g/mol. The molecule has 2 heterocycles. The number of sulfonamides is 1. The summed E-state index contributed by atoms with van der Waals surface area (Å²) in [4.78, 5) is 0. The Labute approximate surface area is 101 Å².